The highest BCUT2D eigenvalue weighted by atomic mass is 16.1. The van der Waals surface area contributed by atoms with Crippen molar-refractivity contribution in [2.75, 3.05) is 10.6 Å². The summed E-state index contributed by atoms with van der Waals surface area (Å²) in [5.74, 6) is 0.666. The Bertz CT molecular complexity index is 1450. The van der Waals surface area contributed by atoms with Crippen LogP contribution in [0.2, 0.25) is 0 Å². The Morgan fingerprint density at radius 2 is 1.74 bits per heavy atom. The number of anilines is 2. The van der Waals surface area contributed by atoms with Gasteiger partial charge in [-0.2, -0.15) is 0 Å². The highest BCUT2D eigenvalue weighted by Crippen LogP contribution is 2.50. The minimum atomic E-state index is -0.0784. The summed E-state index contributed by atoms with van der Waals surface area (Å²) in [5, 5.41) is 9.42. The number of para-hydroxylation sites is 1. The first-order valence-electron chi connectivity index (χ1n) is 12.0. The maximum atomic E-state index is 13.4. The lowest BCUT2D eigenvalue weighted by Gasteiger charge is -2.38. The monoisotopic (exact) mass is 444 g/mol. The molecule has 3 nitrogen and oxygen atoms in total. The van der Waals surface area contributed by atoms with Crippen LogP contribution in [0, 0.1) is 19.8 Å². The molecule has 3 heteroatoms. The summed E-state index contributed by atoms with van der Waals surface area (Å²) in [5.41, 5.74) is 7.34. The van der Waals surface area contributed by atoms with Gasteiger partial charge in [-0.1, -0.05) is 66.7 Å². The molecule has 1 aliphatic heterocycles. The van der Waals surface area contributed by atoms with Crippen LogP contribution in [0.25, 0.3) is 10.8 Å². The van der Waals surface area contributed by atoms with Gasteiger partial charge in [0.15, 0.2) is 0 Å². The smallest absolute Gasteiger partial charge is 0.257 e. The van der Waals surface area contributed by atoms with E-state index in [2.05, 4.69) is 85.2 Å². The van der Waals surface area contributed by atoms with E-state index in [9.17, 15) is 4.79 Å². The molecule has 3 unspecified atom stereocenters. The summed E-state index contributed by atoms with van der Waals surface area (Å²) in [4.78, 5) is 13.4. The van der Waals surface area contributed by atoms with Crippen molar-refractivity contribution < 1.29 is 4.79 Å². The van der Waals surface area contributed by atoms with Gasteiger partial charge < -0.3 is 10.6 Å². The summed E-state index contributed by atoms with van der Waals surface area (Å²) in [6, 6.07) is 27.5. The van der Waals surface area contributed by atoms with E-state index in [4.69, 9.17) is 0 Å². The summed E-state index contributed by atoms with van der Waals surface area (Å²) in [6.45, 7) is 4.15. The van der Waals surface area contributed by atoms with Crippen LogP contribution in [0.4, 0.5) is 11.4 Å². The van der Waals surface area contributed by atoms with E-state index in [1.54, 1.807) is 0 Å². The number of nitrogens with one attached hydrogen (secondary N) is 2. The number of carbonyl (C=O) groups is 1. The van der Waals surface area contributed by atoms with Crippen molar-refractivity contribution in [1.29, 1.82) is 0 Å². The minimum Gasteiger partial charge on any atom is -0.377 e. The predicted molar refractivity (Wildman–Crippen MR) is 141 cm³/mol. The summed E-state index contributed by atoms with van der Waals surface area (Å²) in [7, 11) is 0. The second kappa shape index (κ2) is 8.18. The molecule has 0 radical (unpaired) electrons. The Hall–Kier alpha value is -3.85. The van der Waals surface area contributed by atoms with Gasteiger partial charge in [0.25, 0.3) is 5.91 Å². The first-order chi connectivity index (χ1) is 16.6. The van der Waals surface area contributed by atoms with Gasteiger partial charge in [-0.3, -0.25) is 4.79 Å². The third-order valence-electron chi connectivity index (χ3n) is 7.54. The van der Waals surface area contributed by atoms with Crippen LogP contribution in [0.15, 0.2) is 91.0 Å². The lowest BCUT2D eigenvalue weighted by Crippen LogP contribution is -2.30. The summed E-state index contributed by atoms with van der Waals surface area (Å²) in [6.07, 6.45) is 5.65. The van der Waals surface area contributed by atoms with Crippen molar-refractivity contribution in [3.05, 3.63) is 119 Å². The van der Waals surface area contributed by atoms with Crippen LogP contribution in [0.5, 0.6) is 0 Å². The zero-order valence-corrected chi connectivity index (χ0v) is 19.5. The molecule has 2 N–H and O–H groups in total. The number of carbonyl (C=O) groups excluding carboxylic acids is 1. The van der Waals surface area contributed by atoms with Gasteiger partial charge >= 0.3 is 0 Å². The number of fused-ring (bicyclic) bond motifs is 4. The number of hydrogen-bond acceptors (Lipinski definition) is 2. The van der Waals surface area contributed by atoms with Gasteiger partial charge in [0, 0.05) is 11.6 Å². The standard InChI is InChI=1S/C31H28N2O/c1-19-13-16-24(17-20(19)2)32-31(34)28-12-6-11-27-25-9-5-10-26(25)29(33-30(27)28)23-15-14-21-7-3-4-8-22(21)18-23/h3-9,11-18,25-26,29,33H,10H2,1-2H3,(H,32,34). The molecule has 0 saturated carbocycles. The molecule has 0 spiro atoms. The zero-order valence-electron chi connectivity index (χ0n) is 19.5. The van der Waals surface area contributed by atoms with Gasteiger partial charge in [0.05, 0.1) is 17.3 Å². The molecular formula is C31H28N2O. The summed E-state index contributed by atoms with van der Waals surface area (Å²) >= 11 is 0. The van der Waals surface area contributed by atoms with Gasteiger partial charge in [0.1, 0.15) is 0 Å². The van der Waals surface area contributed by atoms with Crippen LogP contribution in [-0.4, -0.2) is 5.91 Å². The molecule has 3 atom stereocenters. The van der Waals surface area contributed by atoms with E-state index in [0.717, 1.165) is 17.8 Å². The van der Waals surface area contributed by atoms with Crippen molar-refractivity contribution in [1.82, 2.24) is 0 Å². The SMILES string of the molecule is Cc1ccc(NC(=O)c2cccc3c2NC(c2ccc4ccccc4c2)C2CC=CC32)cc1C. The number of rotatable bonds is 3. The Labute approximate surface area is 200 Å². The molecule has 1 amide bonds. The number of aryl methyl sites for hydroxylation is 2. The van der Waals surface area contributed by atoms with Crippen LogP contribution < -0.4 is 10.6 Å². The van der Waals surface area contributed by atoms with E-state index in [1.807, 2.05) is 30.3 Å². The molecule has 0 fully saturated rings. The van der Waals surface area contributed by atoms with Crippen LogP contribution in [-0.2, 0) is 0 Å². The Morgan fingerprint density at radius 3 is 2.59 bits per heavy atom. The van der Waals surface area contributed by atoms with Crippen molar-refractivity contribution in [2.24, 2.45) is 5.92 Å². The quantitative estimate of drug-likeness (QED) is 0.321. The minimum absolute atomic E-state index is 0.0784. The lowest BCUT2D eigenvalue weighted by atomic mass is 9.76. The van der Waals surface area contributed by atoms with Crippen LogP contribution in [0.3, 0.4) is 0 Å². The van der Waals surface area contributed by atoms with E-state index in [1.165, 1.54) is 33.0 Å². The highest BCUT2D eigenvalue weighted by Gasteiger charge is 2.39. The van der Waals surface area contributed by atoms with Crippen molar-refractivity contribution in [3.8, 4) is 0 Å². The fourth-order valence-electron chi connectivity index (χ4n) is 5.56. The first kappa shape index (κ1) is 20.7. The predicted octanol–water partition coefficient (Wildman–Crippen LogP) is 7.54. The Morgan fingerprint density at radius 1 is 0.882 bits per heavy atom. The van der Waals surface area contributed by atoms with Crippen molar-refractivity contribution in [3.63, 3.8) is 0 Å². The molecule has 4 aromatic carbocycles. The fourth-order valence-corrected chi connectivity index (χ4v) is 5.56. The van der Waals surface area contributed by atoms with E-state index >= 15 is 0 Å². The second-order valence-corrected chi connectivity index (χ2v) is 9.61. The van der Waals surface area contributed by atoms with Crippen LogP contribution in [0.1, 0.15) is 51.0 Å². The molecule has 168 valence electrons. The fraction of sp³-hybridized carbons (Fsp3) is 0.194. The third-order valence-corrected chi connectivity index (χ3v) is 7.54. The molecular weight excluding hydrogens is 416 g/mol. The molecule has 1 aliphatic carbocycles. The van der Waals surface area contributed by atoms with Crippen molar-refractivity contribution in [2.45, 2.75) is 32.2 Å². The Balaban J connectivity index is 1.39. The molecule has 0 saturated heterocycles. The first-order valence-corrected chi connectivity index (χ1v) is 12.0. The maximum Gasteiger partial charge on any atom is 0.257 e. The van der Waals surface area contributed by atoms with Gasteiger partial charge in [-0.25, -0.2) is 0 Å². The number of allylic oxidation sites excluding steroid dienone is 2. The lowest BCUT2D eigenvalue weighted by molar-refractivity contribution is 0.102. The largest absolute Gasteiger partial charge is 0.377 e. The molecule has 2 aliphatic rings. The van der Waals surface area contributed by atoms with E-state index < -0.39 is 0 Å². The van der Waals surface area contributed by atoms with E-state index in [-0.39, 0.29) is 11.9 Å². The molecule has 34 heavy (non-hydrogen) atoms. The van der Waals surface area contributed by atoms with E-state index in [0.29, 0.717) is 17.4 Å². The molecule has 6 rings (SSSR count). The van der Waals surface area contributed by atoms with Gasteiger partial charge in [-0.15, -0.1) is 0 Å². The maximum absolute atomic E-state index is 13.4. The topological polar surface area (TPSA) is 41.1 Å². The number of benzene rings is 4. The van der Waals surface area contributed by atoms with Gasteiger partial charge in [0.2, 0.25) is 0 Å². The molecule has 1 heterocycles. The molecule has 0 bridgehead atoms. The average Bonchev–Trinajstić information content (AvgIpc) is 3.35. The average molecular weight is 445 g/mol. The highest BCUT2D eigenvalue weighted by molar-refractivity contribution is 6.08. The normalized spacial score (nSPS) is 20.5. The third kappa shape index (κ3) is 3.49. The van der Waals surface area contributed by atoms with Gasteiger partial charge in [-0.05, 0) is 83.5 Å². The molecule has 0 aromatic heterocycles. The second-order valence-electron chi connectivity index (χ2n) is 9.61. The van der Waals surface area contributed by atoms with Crippen molar-refractivity contribution >= 4 is 28.1 Å². The molecule has 4 aromatic rings. The number of hydrogen-bond donors (Lipinski definition) is 2. The Kier molecular flexibility index (Phi) is 4.99. The number of amides is 1. The van der Waals surface area contributed by atoms with Crippen LogP contribution >= 0.6 is 0 Å². The zero-order chi connectivity index (χ0) is 23.2. The summed E-state index contributed by atoms with van der Waals surface area (Å²) < 4.78 is 0.